The number of hydrogen-bond acceptors (Lipinski definition) is 4. The molecule has 0 saturated carbocycles. The molecule has 0 atom stereocenters. The van der Waals surface area contributed by atoms with E-state index in [0.29, 0.717) is 10.0 Å². The van der Waals surface area contributed by atoms with Crippen molar-refractivity contribution in [1.29, 1.82) is 0 Å². The van der Waals surface area contributed by atoms with E-state index in [1.165, 1.54) is 33.2 Å². The fourth-order valence-electron chi connectivity index (χ4n) is 2.50. The average molecular weight is 308 g/mol. The van der Waals surface area contributed by atoms with Crippen LogP contribution in [0.2, 0.25) is 0 Å². The van der Waals surface area contributed by atoms with Crippen molar-refractivity contribution in [1.82, 2.24) is 4.98 Å². The summed E-state index contributed by atoms with van der Waals surface area (Å²) in [4.78, 5) is 4.42. The molecule has 1 aliphatic carbocycles. The maximum absolute atomic E-state index is 12.6. The molecule has 0 fully saturated rings. The molecule has 6 heteroatoms. The van der Waals surface area contributed by atoms with Gasteiger partial charge in [0.05, 0.1) is 4.90 Å². The summed E-state index contributed by atoms with van der Waals surface area (Å²) in [5, 5.41) is 2.26. The molecule has 0 bridgehead atoms. The number of fused-ring (bicyclic) bond motifs is 1. The third kappa shape index (κ3) is 2.33. The van der Waals surface area contributed by atoms with Gasteiger partial charge in [0, 0.05) is 18.6 Å². The minimum absolute atomic E-state index is 0.357. The first-order chi connectivity index (χ1) is 9.59. The van der Waals surface area contributed by atoms with E-state index in [0.717, 1.165) is 19.3 Å². The minimum Gasteiger partial charge on any atom is -0.244 e. The van der Waals surface area contributed by atoms with Crippen LogP contribution in [0.4, 0.5) is 5.13 Å². The van der Waals surface area contributed by atoms with Gasteiger partial charge in [0.15, 0.2) is 5.13 Å². The Morgan fingerprint density at radius 1 is 1.20 bits per heavy atom. The summed E-state index contributed by atoms with van der Waals surface area (Å²) in [6.07, 6.45) is 5.97. The Balaban J connectivity index is 1.99. The second-order valence-corrected chi connectivity index (χ2v) is 7.77. The van der Waals surface area contributed by atoms with E-state index in [9.17, 15) is 8.42 Å². The van der Waals surface area contributed by atoms with Gasteiger partial charge in [-0.2, -0.15) is 0 Å². The first-order valence-corrected chi connectivity index (χ1v) is 8.91. The van der Waals surface area contributed by atoms with Crippen LogP contribution in [0, 0.1) is 0 Å². The molecule has 0 aliphatic heterocycles. The Hall–Kier alpha value is -1.40. The van der Waals surface area contributed by atoms with Crippen LogP contribution < -0.4 is 4.31 Å². The zero-order valence-corrected chi connectivity index (χ0v) is 12.9. The highest BCUT2D eigenvalue weighted by atomic mass is 32.2. The molecule has 1 aromatic carbocycles. The second-order valence-electron chi connectivity index (χ2n) is 4.92. The highest BCUT2D eigenvalue weighted by Crippen LogP contribution is 2.28. The number of thiazole rings is 1. The van der Waals surface area contributed by atoms with Crippen LogP contribution in [0.25, 0.3) is 0 Å². The fraction of sp³-hybridized carbons (Fsp3) is 0.357. The van der Waals surface area contributed by atoms with Gasteiger partial charge in [0.25, 0.3) is 10.0 Å². The Bertz CT molecular complexity index is 709. The van der Waals surface area contributed by atoms with Crippen LogP contribution in [0.1, 0.15) is 24.0 Å². The lowest BCUT2D eigenvalue weighted by Crippen LogP contribution is -2.26. The number of hydrogen-bond donors (Lipinski definition) is 0. The molecular weight excluding hydrogens is 292 g/mol. The highest BCUT2D eigenvalue weighted by molar-refractivity contribution is 7.93. The molecule has 4 nitrogen and oxygen atoms in total. The number of aromatic nitrogens is 1. The Kier molecular flexibility index (Phi) is 3.52. The molecule has 1 aromatic heterocycles. The summed E-state index contributed by atoms with van der Waals surface area (Å²) in [6, 6.07) is 5.49. The first kappa shape index (κ1) is 13.6. The van der Waals surface area contributed by atoms with Gasteiger partial charge in [0.1, 0.15) is 0 Å². The zero-order valence-electron chi connectivity index (χ0n) is 11.2. The summed E-state index contributed by atoms with van der Waals surface area (Å²) in [6.45, 7) is 0. The molecule has 106 valence electrons. The van der Waals surface area contributed by atoms with E-state index in [4.69, 9.17) is 0 Å². The van der Waals surface area contributed by atoms with Crippen molar-refractivity contribution >= 4 is 26.5 Å². The Morgan fingerprint density at radius 2 is 1.95 bits per heavy atom. The second kappa shape index (κ2) is 5.18. The van der Waals surface area contributed by atoms with E-state index < -0.39 is 10.0 Å². The number of benzene rings is 1. The van der Waals surface area contributed by atoms with Gasteiger partial charge < -0.3 is 0 Å². The lowest BCUT2D eigenvalue weighted by molar-refractivity contribution is 0.593. The largest absolute Gasteiger partial charge is 0.265 e. The number of aryl methyl sites for hydroxylation is 2. The van der Waals surface area contributed by atoms with E-state index >= 15 is 0 Å². The van der Waals surface area contributed by atoms with Crippen LogP contribution in [0.3, 0.4) is 0 Å². The predicted molar refractivity (Wildman–Crippen MR) is 80.8 cm³/mol. The van der Waals surface area contributed by atoms with Gasteiger partial charge in [-0.1, -0.05) is 6.07 Å². The predicted octanol–water partition coefficient (Wildman–Crippen LogP) is 2.85. The van der Waals surface area contributed by atoms with E-state index in [2.05, 4.69) is 4.98 Å². The average Bonchev–Trinajstić information content (AvgIpc) is 3.00. The summed E-state index contributed by atoms with van der Waals surface area (Å²) >= 11 is 1.32. The van der Waals surface area contributed by atoms with Gasteiger partial charge in [-0.15, -0.1) is 11.3 Å². The summed E-state index contributed by atoms with van der Waals surface area (Å²) in [5.74, 6) is 0. The first-order valence-electron chi connectivity index (χ1n) is 6.59. The third-order valence-electron chi connectivity index (χ3n) is 3.67. The van der Waals surface area contributed by atoms with E-state index in [1.54, 1.807) is 24.7 Å². The van der Waals surface area contributed by atoms with Gasteiger partial charge in [0.2, 0.25) is 0 Å². The van der Waals surface area contributed by atoms with Crippen LogP contribution in [-0.2, 0) is 22.9 Å². The molecule has 0 radical (unpaired) electrons. The fourth-order valence-corrected chi connectivity index (χ4v) is 4.54. The van der Waals surface area contributed by atoms with Crippen molar-refractivity contribution < 1.29 is 8.42 Å². The SMILES string of the molecule is CN(c1nccs1)S(=O)(=O)c1ccc2c(c1)CCCC2. The van der Waals surface area contributed by atoms with Crippen molar-refractivity contribution in [3.05, 3.63) is 40.9 Å². The monoisotopic (exact) mass is 308 g/mol. The van der Waals surface area contributed by atoms with Crippen molar-refractivity contribution in [2.75, 3.05) is 11.4 Å². The van der Waals surface area contributed by atoms with Gasteiger partial charge in [-0.05, 0) is 48.9 Å². The lowest BCUT2D eigenvalue weighted by Gasteiger charge is -2.20. The zero-order chi connectivity index (χ0) is 14.2. The third-order valence-corrected chi connectivity index (χ3v) is 6.37. The molecule has 1 heterocycles. The molecule has 20 heavy (non-hydrogen) atoms. The summed E-state index contributed by atoms with van der Waals surface area (Å²) < 4.78 is 26.5. The maximum atomic E-state index is 12.6. The minimum atomic E-state index is -3.51. The number of sulfonamides is 1. The smallest absolute Gasteiger partial charge is 0.244 e. The van der Waals surface area contributed by atoms with Crippen LogP contribution in [-0.4, -0.2) is 20.4 Å². The van der Waals surface area contributed by atoms with Crippen LogP contribution >= 0.6 is 11.3 Å². The van der Waals surface area contributed by atoms with E-state index in [-0.39, 0.29) is 0 Å². The number of nitrogens with zero attached hydrogens (tertiary/aromatic N) is 2. The van der Waals surface area contributed by atoms with Gasteiger partial charge in [-0.3, -0.25) is 0 Å². The molecule has 1 aliphatic rings. The van der Waals surface area contributed by atoms with Crippen molar-refractivity contribution in [2.24, 2.45) is 0 Å². The quantitative estimate of drug-likeness (QED) is 0.876. The Labute approximate surface area is 123 Å². The van der Waals surface area contributed by atoms with E-state index in [1.807, 2.05) is 12.1 Å². The lowest BCUT2D eigenvalue weighted by atomic mass is 9.92. The molecule has 3 rings (SSSR count). The molecule has 0 amide bonds. The van der Waals surface area contributed by atoms with Crippen molar-refractivity contribution in [3.63, 3.8) is 0 Å². The van der Waals surface area contributed by atoms with Crippen LogP contribution in [0.15, 0.2) is 34.7 Å². The van der Waals surface area contributed by atoms with Gasteiger partial charge in [-0.25, -0.2) is 17.7 Å². The molecule has 0 spiro atoms. The molecule has 0 saturated heterocycles. The normalized spacial score (nSPS) is 14.8. The van der Waals surface area contributed by atoms with Crippen molar-refractivity contribution in [3.8, 4) is 0 Å². The topological polar surface area (TPSA) is 50.3 Å². The highest BCUT2D eigenvalue weighted by Gasteiger charge is 2.24. The van der Waals surface area contributed by atoms with Gasteiger partial charge >= 0.3 is 0 Å². The molecule has 0 N–H and O–H groups in total. The summed E-state index contributed by atoms with van der Waals surface area (Å²) in [7, 11) is -1.96. The van der Waals surface area contributed by atoms with Crippen LogP contribution in [0.5, 0.6) is 0 Å². The number of rotatable bonds is 3. The standard InChI is InChI=1S/C14H16N2O2S2/c1-16(14-15-8-9-19-14)20(17,18)13-7-6-11-4-2-3-5-12(11)10-13/h6-10H,2-5H2,1H3. The molecule has 0 unspecified atom stereocenters. The summed E-state index contributed by atoms with van der Waals surface area (Å²) in [5.41, 5.74) is 2.46. The molecular formula is C14H16N2O2S2. The van der Waals surface area contributed by atoms with Crippen molar-refractivity contribution in [2.45, 2.75) is 30.6 Å². The Morgan fingerprint density at radius 3 is 2.65 bits per heavy atom. The molecule has 2 aromatic rings. The number of anilines is 1. The maximum Gasteiger partial charge on any atom is 0.265 e.